The molecule has 0 bridgehead atoms. The molecule has 0 atom stereocenters. The van der Waals surface area contributed by atoms with E-state index >= 15 is 0 Å². The van der Waals surface area contributed by atoms with E-state index in [-0.39, 0.29) is 5.91 Å². The summed E-state index contributed by atoms with van der Waals surface area (Å²) in [6, 6.07) is 0.315. The first-order valence-corrected chi connectivity index (χ1v) is 12.3. The second-order valence-corrected chi connectivity index (χ2v) is 10.3. The lowest BCUT2D eigenvalue weighted by Crippen LogP contribution is -2.45. The molecule has 2 aromatic rings. The molecule has 2 aromatic heterocycles. The van der Waals surface area contributed by atoms with E-state index in [4.69, 9.17) is 9.97 Å². The Kier molecular flexibility index (Phi) is 5.46. The Morgan fingerprint density at radius 3 is 2.62 bits per heavy atom. The first-order chi connectivity index (χ1) is 14.2. The number of piperidine rings is 1. The predicted octanol–water partition coefficient (Wildman–Crippen LogP) is 4.54. The molecule has 5 nitrogen and oxygen atoms in total. The van der Waals surface area contributed by atoms with Crippen molar-refractivity contribution < 1.29 is 4.79 Å². The van der Waals surface area contributed by atoms with Crippen molar-refractivity contribution in [1.82, 2.24) is 15.3 Å². The Labute approximate surface area is 177 Å². The number of thiophene rings is 1. The maximum absolute atomic E-state index is 12.4. The Bertz CT molecular complexity index is 894. The van der Waals surface area contributed by atoms with Crippen LogP contribution in [0.1, 0.15) is 74.1 Å². The zero-order valence-corrected chi connectivity index (χ0v) is 18.3. The second-order valence-electron chi connectivity index (χ2n) is 9.17. The van der Waals surface area contributed by atoms with Crippen molar-refractivity contribution >= 4 is 33.3 Å². The molecule has 0 aromatic carbocycles. The summed E-state index contributed by atoms with van der Waals surface area (Å²) in [7, 11) is 0. The normalized spacial score (nSPS) is 20.9. The van der Waals surface area contributed by atoms with Crippen molar-refractivity contribution in [1.29, 1.82) is 0 Å². The van der Waals surface area contributed by atoms with Crippen LogP contribution in [0.25, 0.3) is 10.2 Å². The highest BCUT2D eigenvalue weighted by Gasteiger charge is 2.27. The van der Waals surface area contributed by atoms with Crippen molar-refractivity contribution in [2.24, 2.45) is 5.92 Å². The van der Waals surface area contributed by atoms with Gasteiger partial charge in [0, 0.05) is 30.4 Å². The summed E-state index contributed by atoms with van der Waals surface area (Å²) >= 11 is 1.88. The molecular weight excluding hydrogens is 380 g/mol. The highest BCUT2D eigenvalue weighted by atomic mass is 32.1. The summed E-state index contributed by atoms with van der Waals surface area (Å²) in [4.78, 5) is 27.2. The van der Waals surface area contributed by atoms with Crippen LogP contribution in [-0.2, 0) is 17.6 Å². The molecule has 156 valence electrons. The maximum Gasteiger partial charge on any atom is 0.220 e. The number of fused-ring (bicyclic) bond motifs is 3. The average Bonchev–Trinajstić information content (AvgIpc) is 3.35. The van der Waals surface area contributed by atoms with Crippen molar-refractivity contribution in [3.05, 3.63) is 16.3 Å². The van der Waals surface area contributed by atoms with Gasteiger partial charge in [-0.2, -0.15) is 0 Å². The molecular formula is C23H32N4OS. The maximum atomic E-state index is 12.4. The number of anilines is 1. The van der Waals surface area contributed by atoms with E-state index in [0.29, 0.717) is 12.0 Å². The van der Waals surface area contributed by atoms with E-state index in [9.17, 15) is 4.79 Å². The number of rotatable bonds is 4. The molecule has 2 fully saturated rings. The van der Waals surface area contributed by atoms with Crippen molar-refractivity contribution in [3.8, 4) is 0 Å². The quantitative estimate of drug-likeness (QED) is 0.801. The summed E-state index contributed by atoms with van der Waals surface area (Å²) in [5.41, 5.74) is 1.51. The Morgan fingerprint density at radius 2 is 1.83 bits per heavy atom. The topological polar surface area (TPSA) is 58.1 Å². The zero-order chi connectivity index (χ0) is 19.8. The van der Waals surface area contributed by atoms with Crippen LogP contribution in [0, 0.1) is 12.8 Å². The largest absolute Gasteiger partial charge is 0.356 e. The fourth-order valence-electron chi connectivity index (χ4n) is 5.47. The summed E-state index contributed by atoms with van der Waals surface area (Å²) < 4.78 is 0. The van der Waals surface area contributed by atoms with Gasteiger partial charge < -0.3 is 10.2 Å². The monoisotopic (exact) mass is 412 g/mol. The molecule has 6 heteroatoms. The van der Waals surface area contributed by atoms with Crippen LogP contribution in [0.4, 0.5) is 5.82 Å². The van der Waals surface area contributed by atoms with Crippen LogP contribution >= 0.6 is 11.3 Å². The van der Waals surface area contributed by atoms with Crippen molar-refractivity contribution in [3.63, 3.8) is 0 Å². The van der Waals surface area contributed by atoms with Crippen LogP contribution < -0.4 is 10.2 Å². The number of carbonyl (C=O) groups is 1. The third-order valence-electron chi connectivity index (χ3n) is 7.02. The van der Waals surface area contributed by atoms with Crippen molar-refractivity contribution in [2.45, 2.75) is 83.6 Å². The van der Waals surface area contributed by atoms with Gasteiger partial charge in [-0.15, -0.1) is 11.3 Å². The number of aromatic nitrogens is 2. The van der Waals surface area contributed by atoms with Gasteiger partial charge in [-0.25, -0.2) is 9.97 Å². The third kappa shape index (κ3) is 4.00. The van der Waals surface area contributed by atoms with Crippen LogP contribution in [-0.4, -0.2) is 35.0 Å². The molecule has 5 rings (SSSR count). The molecule has 1 N–H and O–H groups in total. The lowest BCUT2D eigenvalue weighted by Gasteiger charge is -2.34. The minimum Gasteiger partial charge on any atom is -0.356 e. The van der Waals surface area contributed by atoms with E-state index < -0.39 is 0 Å². The van der Waals surface area contributed by atoms with Crippen LogP contribution in [0.15, 0.2) is 0 Å². The van der Waals surface area contributed by atoms with Crippen LogP contribution in [0.5, 0.6) is 0 Å². The van der Waals surface area contributed by atoms with Gasteiger partial charge in [-0.05, 0) is 69.8 Å². The number of nitrogens with zero attached hydrogens (tertiary/aromatic N) is 3. The minimum absolute atomic E-state index is 0.266. The second kappa shape index (κ2) is 8.21. The van der Waals surface area contributed by atoms with Crippen molar-refractivity contribution in [2.75, 3.05) is 18.0 Å². The molecule has 0 spiro atoms. The van der Waals surface area contributed by atoms with E-state index in [1.807, 2.05) is 18.3 Å². The lowest BCUT2D eigenvalue weighted by molar-refractivity contribution is -0.122. The Hall–Kier alpha value is -1.69. The van der Waals surface area contributed by atoms with Crippen LogP contribution in [0.2, 0.25) is 0 Å². The average molecular weight is 413 g/mol. The Balaban J connectivity index is 1.27. The molecule has 1 amide bonds. The summed E-state index contributed by atoms with van der Waals surface area (Å²) in [6.45, 7) is 3.94. The number of carbonyl (C=O) groups excluding carboxylic acids is 1. The molecule has 0 unspecified atom stereocenters. The molecule has 1 saturated carbocycles. The van der Waals surface area contributed by atoms with E-state index in [2.05, 4.69) is 10.2 Å². The number of hydrogen-bond donors (Lipinski definition) is 1. The lowest BCUT2D eigenvalue weighted by atomic mass is 9.96. The Morgan fingerprint density at radius 1 is 1.07 bits per heavy atom. The van der Waals surface area contributed by atoms with Gasteiger partial charge in [0.15, 0.2) is 0 Å². The SMILES string of the molecule is Cc1nc(N2CCC(NC(=O)CC3CCCC3)CC2)c2c3c(sc2n1)CCCC3. The summed E-state index contributed by atoms with van der Waals surface area (Å²) in [5, 5.41) is 4.63. The van der Waals surface area contributed by atoms with E-state index in [1.165, 1.54) is 72.0 Å². The molecule has 2 aliphatic carbocycles. The highest BCUT2D eigenvalue weighted by Crippen LogP contribution is 2.40. The number of nitrogens with one attached hydrogen (secondary N) is 1. The first-order valence-electron chi connectivity index (χ1n) is 11.5. The zero-order valence-electron chi connectivity index (χ0n) is 17.5. The van der Waals surface area contributed by atoms with Gasteiger partial charge in [-0.1, -0.05) is 12.8 Å². The van der Waals surface area contributed by atoms with Gasteiger partial charge in [0.1, 0.15) is 16.5 Å². The number of hydrogen-bond acceptors (Lipinski definition) is 5. The van der Waals surface area contributed by atoms with Gasteiger partial charge in [0.05, 0.1) is 5.39 Å². The number of aryl methyl sites for hydroxylation is 3. The number of amides is 1. The molecule has 3 aliphatic rings. The van der Waals surface area contributed by atoms with Gasteiger partial charge in [0.25, 0.3) is 0 Å². The fourth-order valence-corrected chi connectivity index (χ4v) is 6.77. The smallest absolute Gasteiger partial charge is 0.220 e. The fraction of sp³-hybridized carbons (Fsp3) is 0.696. The molecule has 3 heterocycles. The minimum atomic E-state index is 0.266. The van der Waals surface area contributed by atoms with Gasteiger partial charge >= 0.3 is 0 Å². The predicted molar refractivity (Wildman–Crippen MR) is 119 cm³/mol. The van der Waals surface area contributed by atoms with Crippen LogP contribution in [0.3, 0.4) is 0 Å². The van der Waals surface area contributed by atoms with E-state index in [1.54, 1.807) is 0 Å². The van der Waals surface area contributed by atoms with Gasteiger partial charge in [-0.3, -0.25) is 4.79 Å². The highest BCUT2D eigenvalue weighted by molar-refractivity contribution is 7.19. The standard InChI is InChI=1S/C23H32N4OS/c1-15-24-22(21-18-8-4-5-9-19(18)29-23(21)25-15)27-12-10-17(11-13-27)26-20(28)14-16-6-2-3-7-16/h16-17H,2-14H2,1H3,(H,26,28). The third-order valence-corrected chi connectivity index (χ3v) is 8.20. The molecule has 0 radical (unpaired) electrons. The van der Waals surface area contributed by atoms with Gasteiger partial charge in [0.2, 0.25) is 5.91 Å². The molecule has 1 aliphatic heterocycles. The van der Waals surface area contributed by atoms with E-state index in [0.717, 1.165) is 44.0 Å². The summed E-state index contributed by atoms with van der Waals surface area (Å²) in [5.74, 6) is 2.90. The molecule has 29 heavy (non-hydrogen) atoms. The first kappa shape index (κ1) is 19.3. The summed E-state index contributed by atoms with van der Waals surface area (Å²) in [6.07, 6.45) is 12.8. The molecule has 1 saturated heterocycles.